The van der Waals surface area contributed by atoms with Gasteiger partial charge in [0, 0.05) is 25.2 Å². The molecule has 0 bridgehead atoms. The van der Waals surface area contributed by atoms with Crippen LogP contribution in [0.2, 0.25) is 0 Å². The van der Waals surface area contributed by atoms with Crippen molar-refractivity contribution in [1.29, 1.82) is 0 Å². The molecule has 1 aliphatic rings. The average Bonchev–Trinajstić information content (AvgIpc) is 3.30. The van der Waals surface area contributed by atoms with Crippen LogP contribution >= 0.6 is 0 Å². The highest BCUT2D eigenvalue weighted by atomic mass is 32.2. The number of halogens is 1. The summed E-state index contributed by atoms with van der Waals surface area (Å²) in [6.45, 7) is 2.48. The van der Waals surface area contributed by atoms with Crippen LogP contribution in [0.25, 0.3) is 0 Å². The van der Waals surface area contributed by atoms with Crippen molar-refractivity contribution in [3.63, 3.8) is 0 Å². The first-order valence-corrected chi connectivity index (χ1v) is 11.5. The Bertz CT molecular complexity index is 1030. The Balaban J connectivity index is 1.87. The molecular weight excluding hydrogens is 423 g/mol. The quantitative estimate of drug-likeness (QED) is 0.580. The van der Waals surface area contributed by atoms with Gasteiger partial charge in [-0.05, 0) is 55.7 Å². The fourth-order valence-corrected chi connectivity index (χ4v) is 4.99. The molecule has 0 atom stereocenters. The Morgan fingerprint density at radius 3 is 2.42 bits per heavy atom. The molecule has 1 aliphatic heterocycles. The van der Waals surface area contributed by atoms with Crippen molar-refractivity contribution < 1.29 is 27.1 Å². The van der Waals surface area contributed by atoms with Crippen molar-refractivity contribution in [1.82, 2.24) is 9.21 Å². The van der Waals surface area contributed by atoms with E-state index in [0.717, 1.165) is 12.8 Å². The molecule has 0 aliphatic carbocycles. The summed E-state index contributed by atoms with van der Waals surface area (Å²) < 4.78 is 45.3. The molecule has 3 rings (SSSR count). The highest BCUT2D eigenvalue weighted by Crippen LogP contribution is 2.22. The predicted molar refractivity (Wildman–Crippen MR) is 112 cm³/mol. The van der Waals surface area contributed by atoms with E-state index in [9.17, 15) is 22.4 Å². The van der Waals surface area contributed by atoms with Crippen LogP contribution in [0, 0.1) is 5.82 Å². The number of hydrogen-bond donors (Lipinski definition) is 0. The Hall–Kier alpha value is -2.78. The monoisotopic (exact) mass is 448 g/mol. The van der Waals surface area contributed by atoms with Gasteiger partial charge in [-0.15, -0.1) is 0 Å². The highest BCUT2D eigenvalue weighted by Gasteiger charge is 2.28. The van der Waals surface area contributed by atoms with Gasteiger partial charge in [0.2, 0.25) is 10.0 Å². The topological polar surface area (TPSA) is 84.0 Å². The van der Waals surface area contributed by atoms with E-state index >= 15 is 0 Å². The number of rotatable bonds is 8. The second-order valence-electron chi connectivity index (χ2n) is 7.23. The van der Waals surface area contributed by atoms with E-state index in [1.165, 1.54) is 57.7 Å². The number of carbonyl (C=O) groups is 2. The lowest BCUT2D eigenvalue weighted by Gasteiger charge is -2.22. The van der Waals surface area contributed by atoms with Gasteiger partial charge in [-0.3, -0.25) is 9.59 Å². The maximum atomic E-state index is 13.2. The summed E-state index contributed by atoms with van der Waals surface area (Å²) in [5.74, 6) is -1.51. The summed E-state index contributed by atoms with van der Waals surface area (Å²) in [7, 11) is -3.69. The molecule has 0 unspecified atom stereocenters. The van der Waals surface area contributed by atoms with Crippen LogP contribution in [0.4, 0.5) is 4.39 Å². The molecule has 1 heterocycles. The van der Waals surface area contributed by atoms with Crippen LogP contribution in [-0.2, 0) is 26.1 Å². The Morgan fingerprint density at radius 1 is 1.10 bits per heavy atom. The molecule has 0 spiro atoms. The Kier molecular flexibility index (Phi) is 7.40. The number of esters is 1. The van der Waals surface area contributed by atoms with E-state index in [4.69, 9.17) is 4.74 Å². The van der Waals surface area contributed by atoms with Gasteiger partial charge < -0.3 is 9.64 Å². The molecule has 0 aromatic heterocycles. The normalized spacial score (nSPS) is 14.4. The molecule has 2 aromatic carbocycles. The average molecular weight is 449 g/mol. The highest BCUT2D eigenvalue weighted by molar-refractivity contribution is 7.89. The van der Waals surface area contributed by atoms with Gasteiger partial charge in [-0.1, -0.05) is 18.2 Å². The molecule has 1 amide bonds. The molecule has 9 heteroatoms. The predicted octanol–water partition coefficient (Wildman–Crippen LogP) is 2.82. The van der Waals surface area contributed by atoms with Crippen LogP contribution in [0.15, 0.2) is 53.4 Å². The van der Waals surface area contributed by atoms with Crippen molar-refractivity contribution in [2.24, 2.45) is 0 Å². The standard InChI is InChI=1S/C22H25FN2O5S/c1-2-30-21(26)16-24(15-17-8-10-19(23)11-9-17)22(27)18-6-5-7-20(14-18)31(28,29)25-12-3-4-13-25/h5-11,14H,2-4,12-13,15-16H2,1H3. The van der Waals surface area contributed by atoms with Crippen LogP contribution < -0.4 is 0 Å². The fraction of sp³-hybridized carbons (Fsp3) is 0.364. The van der Waals surface area contributed by atoms with Gasteiger partial charge in [0.25, 0.3) is 5.91 Å². The summed E-state index contributed by atoms with van der Waals surface area (Å²) >= 11 is 0. The summed E-state index contributed by atoms with van der Waals surface area (Å²) in [5, 5.41) is 0. The van der Waals surface area contributed by atoms with Gasteiger partial charge in [0.15, 0.2) is 0 Å². The van der Waals surface area contributed by atoms with Crippen LogP contribution in [-0.4, -0.2) is 55.7 Å². The van der Waals surface area contributed by atoms with Gasteiger partial charge >= 0.3 is 5.97 Å². The summed E-state index contributed by atoms with van der Waals surface area (Å²) in [4.78, 5) is 26.5. The minimum absolute atomic E-state index is 0.0399. The van der Waals surface area contributed by atoms with E-state index < -0.39 is 27.7 Å². The lowest BCUT2D eigenvalue weighted by Crippen LogP contribution is -2.36. The van der Waals surface area contributed by atoms with E-state index in [2.05, 4.69) is 0 Å². The molecule has 1 saturated heterocycles. The number of nitrogens with zero attached hydrogens (tertiary/aromatic N) is 2. The first-order valence-electron chi connectivity index (χ1n) is 10.1. The number of hydrogen-bond acceptors (Lipinski definition) is 5. The van der Waals surface area contributed by atoms with E-state index in [0.29, 0.717) is 18.7 Å². The van der Waals surface area contributed by atoms with E-state index in [-0.39, 0.29) is 30.2 Å². The van der Waals surface area contributed by atoms with Gasteiger partial charge in [0.05, 0.1) is 11.5 Å². The third-order valence-corrected chi connectivity index (χ3v) is 6.88. The first-order chi connectivity index (χ1) is 14.8. The van der Waals surface area contributed by atoms with Crippen molar-refractivity contribution in [2.45, 2.75) is 31.2 Å². The van der Waals surface area contributed by atoms with Crippen LogP contribution in [0.3, 0.4) is 0 Å². The summed E-state index contributed by atoms with van der Waals surface area (Å²) in [6.07, 6.45) is 1.62. The molecule has 0 N–H and O–H groups in total. The minimum Gasteiger partial charge on any atom is -0.465 e. The second-order valence-corrected chi connectivity index (χ2v) is 9.17. The lowest BCUT2D eigenvalue weighted by molar-refractivity contribution is -0.143. The zero-order valence-corrected chi connectivity index (χ0v) is 18.1. The largest absolute Gasteiger partial charge is 0.465 e. The lowest BCUT2D eigenvalue weighted by atomic mass is 10.1. The van der Waals surface area contributed by atoms with E-state index in [1.807, 2.05) is 0 Å². The van der Waals surface area contributed by atoms with Crippen molar-refractivity contribution >= 4 is 21.9 Å². The summed E-state index contributed by atoms with van der Waals surface area (Å²) in [6, 6.07) is 11.4. The second kappa shape index (κ2) is 10.0. The van der Waals surface area contributed by atoms with Crippen molar-refractivity contribution in [2.75, 3.05) is 26.2 Å². The zero-order chi connectivity index (χ0) is 22.4. The van der Waals surface area contributed by atoms with Crippen LogP contribution in [0.1, 0.15) is 35.7 Å². The minimum atomic E-state index is -3.69. The molecule has 1 fully saturated rings. The number of benzene rings is 2. The third kappa shape index (κ3) is 5.68. The number of amides is 1. The summed E-state index contributed by atoms with van der Waals surface area (Å²) in [5.41, 5.74) is 0.770. The third-order valence-electron chi connectivity index (χ3n) is 4.98. The first kappa shape index (κ1) is 22.9. The molecule has 2 aromatic rings. The SMILES string of the molecule is CCOC(=O)CN(Cc1ccc(F)cc1)C(=O)c1cccc(S(=O)(=O)N2CCCC2)c1. The number of sulfonamides is 1. The van der Waals surface area contributed by atoms with Crippen LogP contribution in [0.5, 0.6) is 0 Å². The van der Waals surface area contributed by atoms with Gasteiger partial charge in [-0.2, -0.15) is 4.31 Å². The molecule has 31 heavy (non-hydrogen) atoms. The van der Waals surface area contributed by atoms with Crippen molar-refractivity contribution in [3.8, 4) is 0 Å². The Labute approximate surface area is 181 Å². The molecule has 0 saturated carbocycles. The maximum absolute atomic E-state index is 13.2. The van der Waals surface area contributed by atoms with Gasteiger partial charge in [-0.25, -0.2) is 12.8 Å². The van der Waals surface area contributed by atoms with Crippen molar-refractivity contribution in [3.05, 3.63) is 65.5 Å². The molecule has 7 nitrogen and oxygen atoms in total. The number of ether oxygens (including phenoxy) is 1. The fourth-order valence-electron chi connectivity index (χ4n) is 3.42. The molecule has 166 valence electrons. The molecule has 0 radical (unpaired) electrons. The smallest absolute Gasteiger partial charge is 0.325 e. The van der Waals surface area contributed by atoms with Gasteiger partial charge in [0.1, 0.15) is 12.4 Å². The van der Waals surface area contributed by atoms with E-state index in [1.54, 1.807) is 6.92 Å². The Morgan fingerprint density at radius 2 is 1.77 bits per heavy atom. The zero-order valence-electron chi connectivity index (χ0n) is 17.3. The molecular formula is C22H25FN2O5S. The number of carbonyl (C=O) groups excluding carboxylic acids is 2. The maximum Gasteiger partial charge on any atom is 0.325 e.